The Morgan fingerprint density at radius 2 is 1.81 bits per heavy atom. The van der Waals surface area contributed by atoms with Gasteiger partial charge < -0.3 is 19.7 Å². The summed E-state index contributed by atoms with van der Waals surface area (Å²) in [5.41, 5.74) is -3.18. The van der Waals surface area contributed by atoms with Crippen molar-refractivity contribution >= 4 is 27.7 Å². The van der Waals surface area contributed by atoms with Crippen molar-refractivity contribution in [1.29, 1.82) is 0 Å². The molecule has 0 saturated heterocycles. The van der Waals surface area contributed by atoms with E-state index < -0.39 is 34.8 Å². The number of aliphatic carboxylic acids is 1. The number of carboxylic acid groups (broad SMARTS) is 1. The summed E-state index contributed by atoms with van der Waals surface area (Å²) in [5, 5.41) is 22.3. The van der Waals surface area contributed by atoms with E-state index in [-0.39, 0.29) is 17.1 Å². The summed E-state index contributed by atoms with van der Waals surface area (Å²) in [4.78, 5) is 30.9. The number of carbonyl (C=O) groups is 2. The Morgan fingerprint density at radius 1 is 1.12 bits per heavy atom. The molecule has 2 aliphatic rings. The maximum absolute atomic E-state index is 14.1. The molecule has 4 atom stereocenters. The molecule has 0 spiro atoms. The van der Waals surface area contributed by atoms with Gasteiger partial charge in [0.1, 0.15) is 17.4 Å². The highest BCUT2D eigenvalue weighted by atomic mass is 79.9. The van der Waals surface area contributed by atoms with E-state index >= 15 is 0 Å². The minimum atomic E-state index is -2.39. The fourth-order valence-electron chi connectivity index (χ4n) is 5.10. The summed E-state index contributed by atoms with van der Waals surface area (Å²) in [6.45, 7) is 0. The first-order valence-electron chi connectivity index (χ1n) is 9.88. The van der Waals surface area contributed by atoms with Gasteiger partial charge in [-0.1, -0.05) is 58.4 Å². The standard InChI is InChI=1S/C24H18BrNO6/c1-31-16-11-26-12-17-19(16)23(30)20(21(27)28)18(13-5-3-2-4-6-13)24(32-17,22(23)29)14-7-9-15(25)10-8-14/h2-12,18,20,30H,1H3,(H,27,28)/t18?,20-,23-,24-/m0/s1. The Hall–Kier alpha value is -3.23. The Bertz CT molecular complexity index is 1230. The van der Waals surface area contributed by atoms with Crippen LogP contribution in [-0.2, 0) is 20.8 Å². The number of nitrogens with zero attached hydrogens (tertiary/aromatic N) is 1. The molecular weight excluding hydrogens is 478 g/mol. The van der Waals surface area contributed by atoms with E-state index in [1.54, 1.807) is 54.6 Å². The predicted octanol–water partition coefficient (Wildman–Crippen LogP) is 3.40. The summed E-state index contributed by atoms with van der Waals surface area (Å²) in [6.07, 6.45) is 2.70. The van der Waals surface area contributed by atoms with E-state index in [2.05, 4.69) is 20.9 Å². The molecule has 8 heteroatoms. The van der Waals surface area contributed by atoms with E-state index in [9.17, 15) is 19.8 Å². The second-order valence-electron chi connectivity index (χ2n) is 7.86. The van der Waals surface area contributed by atoms with Crippen LogP contribution in [0.15, 0.2) is 71.5 Å². The number of ketones is 1. The van der Waals surface area contributed by atoms with Gasteiger partial charge in [0.15, 0.2) is 5.60 Å². The molecule has 2 bridgehead atoms. The van der Waals surface area contributed by atoms with Crippen LogP contribution in [0.5, 0.6) is 11.5 Å². The predicted molar refractivity (Wildman–Crippen MR) is 116 cm³/mol. The number of hydrogen-bond acceptors (Lipinski definition) is 6. The van der Waals surface area contributed by atoms with Crippen molar-refractivity contribution in [3.63, 3.8) is 0 Å². The lowest BCUT2D eigenvalue weighted by Gasteiger charge is -2.39. The molecule has 1 saturated carbocycles. The maximum atomic E-state index is 14.1. The van der Waals surface area contributed by atoms with Crippen molar-refractivity contribution in [1.82, 2.24) is 4.98 Å². The number of aromatic nitrogens is 1. The van der Waals surface area contributed by atoms with Crippen molar-refractivity contribution in [3.05, 3.63) is 88.2 Å². The fourth-order valence-corrected chi connectivity index (χ4v) is 5.36. The molecular formula is C24H18BrNO6. The van der Waals surface area contributed by atoms with E-state index in [4.69, 9.17) is 9.47 Å². The molecule has 32 heavy (non-hydrogen) atoms. The molecule has 1 aromatic heterocycles. The monoisotopic (exact) mass is 495 g/mol. The molecule has 2 aromatic carbocycles. The van der Waals surface area contributed by atoms with Gasteiger partial charge >= 0.3 is 5.97 Å². The van der Waals surface area contributed by atoms with Gasteiger partial charge in [-0.25, -0.2) is 0 Å². The number of pyridine rings is 1. The molecule has 0 radical (unpaired) electrons. The van der Waals surface area contributed by atoms with Crippen molar-refractivity contribution in [2.75, 3.05) is 7.11 Å². The Balaban J connectivity index is 1.90. The van der Waals surface area contributed by atoms with Gasteiger partial charge in [-0.05, 0) is 17.7 Å². The summed E-state index contributed by atoms with van der Waals surface area (Å²) in [7, 11) is 1.36. The van der Waals surface area contributed by atoms with Crippen LogP contribution in [0.2, 0.25) is 0 Å². The molecule has 7 nitrogen and oxygen atoms in total. The van der Waals surface area contributed by atoms with Crippen LogP contribution in [-0.4, -0.2) is 34.1 Å². The number of Topliss-reactive ketones (excluding diaryl/α,β-unsaturated/α-hetero) is 1. The number of aliphatic hydroxyl groups is 1. The molecule has 1 aliphatic heterocycles. The SMILES string of the molecule is COc1cncc2c1[C@@]1(O)C(=O)[C@@](c3ccc(Br)cc3)(O2)C(c2ccccc2)[C@H]1C(=O)O. The number of hydrogen-bond donors (Lipinski definition) is 2. The summed E-state index contributed by atoms with van der Waals surface area (Å²) in [6, 6.07) is 15.7. The van der Waals surface area contributed by atoms with Crippen LogP contribution in [0.3, 0.4) is 0 Å². The molecule has 162 valence electrons. The number of methoxy groups -OCH3 is 1. The fraction of sp³-hybridized carbons (Fsp3) is 0.208. The van der Waals surface area contributed by atoms with Crippen LogP contribution in [0.4, 0.5) is 0 Å². The highest BCUT2D eigenvalue weighted by molar-refractivity contribution is 9.10. The molecule has 1 aliphatic carbocycles. The zero-order chi connectivity index (χ0) is 22.7. The van der Waals surface area contributed by atoms with Crippen molar-refractivity contribution in [3.8, 4) is 11.5 Å². The first-order valence-corrected chi connectivity index (χ1v) is 10.7. The summed E-state index contributed by atoms with van der Waals surface area (Å²) in [5.74, 6) is -4.41. The molecule has 2 heterocycles. The van der Waals surface area contributed by atoms with Crippen LogP contribution >= 0.6 is 15.9 Å². The van der Waals surface area contributed by atoms with Crippen LogP contribution in [0.25, 0.3) is 0 Å². The third kappa shape index (κ3) is 2.53. The minimum Gasteiger partial charge on any atom is -0.495 e. The van der Waals surface area contributed by atoms with E-state index in [1.807, 2.05) is 0 Å². The number of carboxylic acids is 1. The summed E-state index contributed by atoms with van der Waals surface area (Å²) < 4.78 is 12.5. The average Bonchev–Trinajstić information content (AvgIpc) is 2.92. The number of rotatable bonds is 4. The van der Waals surface area contributed by atoms with Crippen molar-refractivity contribution in [2.24, 2.45) is 5.92 Å². The second kappa shape index (κ2) is 7.15. The minimum absolute atomic E-state index is 0.0152. The molecule has 1 unspecified atom stereocenters. The normalized spacial score (nSPS) is 28.0. The van der Waals surface area contributed by atoms with Gasteiger partial charge in [0.25, 0.3) is 0 Å². The number of benzene rings is 2. The first kappa shape index (κ1) is 20.7. The van der Waals surface area contributed by atoms with Gasteiger partial charge in [-0.3, -0.25) is 14.6 Å². The molecule has 5 rings (SSSR count). The quantitative estimate of drug-likeness (QED) is 0.571. The lowest BCUT2D eigenvalue weighted by Crippen LogP contribution is -2.51. The van der Waals surface area contributed by atoms with Gasteiger partial charge in [0, 0.05) is 10.0 Å². The lowest BCUT2D eigenvalue weighted by atomic mass is 9.75. The van der Waals surface area contributed by atoms with E-state index in [0.717, 1.165) is 4.47 Å². The van der Waals surface area contributed by atoms with Crippen molar-refractivity contribution < 1.29 is 29.3 Å². The van der Waals surface area contributed by atoms with E-state index in [1.165, 1.54) is 19.5 Å². The Labute approximate surface area is 191 Å². The zero-order valence-electron chi connectivity index (χ0n) is 16.9. The van der Waals surface area contributed by atoms with Crippen LogP contribution in [0.1, 0.15) is 22.6 Å². The van der Waals surface area contributed by atoms with Crippen molar-refractivity contribution in [2.45, 2.75) is 17.1 Å². The largest absolute Gasteiger partial charge is 0.495 e. The van der Waals surface area contributed by atoms with Crippen LogP contribution in [0, 0.1) is 5.92 Å². The third-order valence-electron chi connectivity index (χ3n) is 6.35. The van der Waals surface area contributed by atoms with Gasteiger partial charge in [0.05, 0.1) is 31.0 Å². The molecule has 0 amide bonds. The first-order chi connectivity index (χ1) is 15.4. The lowest BCUT2D eigenvalue weighted by molar-refractivity contribution is -0.161. The summed E-state index contributed by atoms with van der Waals surface area (Å²) >= 11 is 3.39. The van der Waals surface area contributed by atoms with Gasteiger partial charge in [0.2, 0.25) is 11.4 Å². The Morgan fingerprint density at radius 3 is 2.44 bits per heavy atom. The number of ether oxygens (including phenoxy) is 2. The highest BCUT2D eigenvalue weighted by Gasteiger charge is 2.76. The zero-order valence-corrected chi connectivity index (χ0v) is 18.4. The number of fused-ring (bicyclic) bond motifs is 4. The van der Waals surface area contributed by atoms with Gasteiger partial charge in [-0.15, -0.1) is 0 Å². The number of halogens is 1. The maximum Gasteiger partial charge on any atom is 0.311 e. The molecule has 1 fully saturated rings. The third-order valence-corrected chi connectivity index (χ3v) is 6.88. The topological polar surface area (TPSA) is 106 Å². The second-order valence-corrected chi connectivity index (χ2v) is 8.77. The smallest absolute Gasteiger partial charge is 0.311 e. The average molecular weight is 496 g/mol. The molecule has 3 aromatic rings. The Kier molecular flexibility index (Phi) is 4.61. The van der Waals surface area contributed by atoms with Crippen LogP contribution < -0.4 is 9.47 Å². The highest BCUT2D eigenvalue weighted by Crippen LogP contribution is 2.65. The number of carbonyl (C=O) groups excluding carboxylic acids is 1. The van der Waals surface area contributed by atoms with E-state index in [0.29, 0.717) is 11.1 Å². The molecule has 2 N–H and O–H groups in total. The van der Waals surface area contributed by atoms with Gasteiger partial charge in [-0.2, -0.15) is 0 Å².